The number of carboxylic acids is 1. The third-order valence-corrected chi connectivity index (χ3v) is 5.57. The zero-order chi connectivity index (χ0) is 26.1. The average Bonchev–Trinajstić information content (AvgIpc) is 3.32. The minimum atomic E-state index is -1.23. The van der Waals surface area contributed by atoms with Gasteiger partial charge in [-0.1, -0.05) is 30.3 Å². The monoisotopic (exact) mass is 498 g/mol. The van der Waals surface area contributed by atoms with Crippen molar-refractivity contribution in [1.82, 2.24) is 9.66 Å². The maximum Gasteiger partial charge on any atom is 0.344 e. The molecule has 0 aliphatic heterocycles. The van der Waals surface area contributed by atoms with Gasteiger partial charge in [-0.25, -0.2) is 9.78 Å². The van der Waals surface area contributed by atoms with E-state index in [1.807, 2.05) is 18.2 Å². The summed E-state index contributed by atoms with van der Waals surface area (Å²) in [5.41, 5.74) is 0.358. The van der Waals surface area contributed by atoms with Crippen LogP contribution in [0, 0.1) is 10.1 Å². The van der Waals surface area contributed by atoms with Crippen LogP contribution in [0.5, 0.6) is 5.75 Å². The number of hydrogen-bond donors (Lipinski definition) is 1. The molecule has 3 aromatic carbocycles. The Morgan fingerprint density at radius 2 is 1.92 bits per heavy atom. The number of rotatable bonds is 7. The predicted molar refractivity (Wildman–Crippen MR) is 135 cm³/mol. The summed E-state index contributed by atoms with van der Waals surface area (Å²) >= 11 is 0. The van der Waals surface area contributed by atoms with Crippen molar-refractivity contribution in [2.45, 2.75) is 13.0 Å². The molecule has 0 fully saturated rings. The topological polar surface area (TPSA) is 150 Å². The van der Waals surface area contributed by atoms with Gasteiger partial charge in [-0.2, -0.15) is 9.78 Å². The van der Waals surface area contributed by atoms with Gasteiger partial charge < -0.3 is 14.3 Å². The fourth-order valence-corrected chi connectivity index (χ4v) is 3.70. The van der Waals surface area contributed by atoms with Gasteiger partial charge in [-0.05, 0) is 37.3 Å². The Labute approximate surface area is 208 Å². The highest BCUT2D eigenvalue weighted by Gasteiger charge is 2.19. The van der Waals surface area contributed by atoms with Gasteiger partial charge in [0.25, 0.3) is 11.2 Å². The van der Waals surface area contributed by atoms with Gasteiger partial charge >= 0.3 is 5.97 Å². The van der Waals surface area contributed by atoms with Crippen LogP contribution in [0.15, 0.2) is 87.1 Å². The van der Waals surface area contributed by atoms with Crippen molar-refractivity contribution in [1.29, 1.82) is 0 Å². The molecular formula is C26H18N4O7. The molecule has 0 aliphatic carbocycles. The molecule has 1 atom stereocenters. The number of nitro benzene ring substituents is 1. The lowest BCUT2D eigenvalue weighted by Gasteiger charge is -2.12. The number of hydrogen-bond acceptors (Lipinski definition) is 8. The van der Waals surface area contributed by atoms with Crippen LogP contribution in [-0.2, 0) is 4.79 Å². The highest BCUT2D eigenvalue weighted by Crippen LogP contribution is 2.28. The molecule has 2 aromatic heterocycles. The van der Waals surface area contributed by atoms with E-state index < -0.39 is 22.6 Å². The van der Waals surface area contributed by atoms with Crippen LogP contribution in [0.1, 0.15) is 12.5 Å². The van der Waals surface area contributed by atoms with Crippen LogP contribution in [0.3, 0.4) is 0 Å². The maximum atomic E-state index is 13.4. The zero-order valence-corrected chi connectivity index (χ0v) is 19.3. The summed E-state index contributed by atoms with van der Waals surface area (Å²) in [5, 5.41) is 25.9. The molecule has 11 nitrogen and oxygen atoms in total. The third-order valence-electron chi connectivity index (χ3n) is 5.57. The van der Waals surface area contributed by atoms with Crippen molar-refractivity contribution in [3.63, 3.8) is 0 Å². The molecule has 0 saturated carbocycles. The van der Waals surface area contributed by atoms with Crippen molar-refractivity contribution in [2.75, 3.05) is 0 Å². The molecular weight excluding hydrogens is 480 g/mol. The Morgan fingerprint density at radius 1 is 1.16 bits per heavy atom. The van der Waals surface area contributed by atoms with E-state index in [0.29, 0.717) is 16.5 Å². The smallest absolute Gasteiger partial charge is 0.344 e. The Morgan fingerprint density at radius 3 is 2.68 bits per heavy atom. The number of carboxylic acid groups (broad SMARTS) is 1. The van der Waals surface area contributed by atoms with Gasteiger partial charge in [0, 0.05) is 23.1 Å². The number of aliphatic carboxylic acids is 1. The summed E-state index contributed by atoms with van der Waals surface area (Å²) in [7, 11) is 0. The Hall–Kier alpha value is -5.32. The molecule has 0 saturated heterocycles. The Balaban J connectivity index is 1.69. The van der Waals surface area contributed by atoms with Gasteiger partial charge in [0.1, 0.15) is 11.3 Å². The van der Waals surface area contributed by atoms with E-state index in [4.69, 9.17) is 9.15 Å². The number of carbonyl (C=O) groups is 1. The van der Waals surface area contributed by atoms with Gasteiger partial charge in [0.2, 0.25) is 5.82 Å². The van der Waals surface area contributed by atoms with Crippen LogP contribution >= 0.6 is 0 Å². The maximum absolute atomic E-state index is 13.4. The van der Waals surface area contributed by atoms with Gasteiger partial charge in [0.05, 0.1) is 22.0 Å². The first-order valence-corrected chi connectivity index (χ1v) is 11.0. The summed E-state index contributed by atoms with van der Waals surface area (Å²) in [5.74, 6) is -0.779. The molecule has 0 bridgehead atoms. The van der Waals surface area contributed by atoms with Crippen molar-refractivity contribution in [3.05, 3.63) is 98.8 Å². The quantitative estimate of drug-likeness (QED) is 0.196. The molecule has 1 N–H and O–H groups in total. The molecule has 2 heterocycles. The molecule has 0 amide bonds. The predicted octanol–water partition coefficient (Wildman–Crippen LogP) is 4.45. The van der Waals surface area contributed by atoms with E-state index in [2.05, 4.69) is 10.1 Å². The van der Waals surface area contributed by atoms with Gasteiger partial charge in [-0.3, -0.25) is 14.9 Å². The summed E-state index contributed by atoms with van der Waals surface area (Å²) in [6, 6.07) is 19.4. The lowest BCUT2D eigenvalue weighted by atomic mass is 10.2. The lowest BCUT2D eigenvalue weighted by Crippen LogP contribution is -2.23. The van der Waals surface area contributed by atoms with E-state index >= 15 is 0 Å². The first kappa shape index (κ1) is 23.4. The van der Waals surface area contributed by atoms with Crippen LogP contribution < -0.4 is 10.3 Å². The second-order valence-electron chi connectivity index (χ2n) is 8.04. The number of benzene rings is 3. The molecule has 0 unspecified atom stereocenters. The number of non-ortho nitro benzene ring substituents is 1. The second kappa shape index (κ2) is 9.38. The number of nitrogens with zero attached hydrogens (tertiary/aromatic N) is 4. The Bertz CT molecular complexity index is 1740. The number of aromatic nitrogens is 2. The van der Waals surface area contributed by atoms with Gasteiger partial charge in [0.15, 0.2) is 11.9 Å². The normalized spacial score (nSPS) is 12.2. The lowest BCUT2D eigenvalue weighted by molar-refractivity contribution is -0.384. The van der Waals surface area contributed by atoms with Crippen molar-refractivity contribution in [2.24, 2.45) is 5.10 Å². The number of para-hydroxylation sites is 2. The average molecular weight is 498 g/mol. The fraction of sp³-hybridized carbons (Fsp3) is 0.0769. The summed E-state index contributed by atoms with van der Waals surface area (Å²) < 4.78 is 12.4. The molecule has 0 spiro atoms. The molecule has 184 valence electrons. The first-order valence-electron chi connectivity index (χ1n) is 11.0. The largest absolute Gasteiger partial charge is 0.479 e. The summed E-state index contributed by atoms with van der Waals surface area (Å²) in [4.78, 5) is 40.0. The molecule has 0 aliphatic rings. The standard InChI is InChI=1S/C26H18N4O7/c1-15(26(32)33)36-22-11-10-18(30(34)35)12-17(22)14-27-29-24(23-13-16-6-2-5-9-21(16)37-23)28-20-8-4-3-7-19(20)25(29)31/h2-15H,1H3,(H,32,33)/t15-/m0/s1. The molecule has 5 aromatic rings. The van der Waals surface area contributed by atoms with Crippen LogP contribution in [0.2, 0.25) is 0 Å². The minimum Gasteiger partial charge on any atom is -0.479 e. The van der Waals surface area contributed by atoms with Crippen LogP contribution in [-0.4, -0.2) is 38.0 Å². The number of ether oxygens (including phenoxy) is 1. The number of nitro groups is 1. The minimum absolute atomic E-state index is 0.0383. The fourth-order valence-electron chi connectivity index (χ4n) is 3.70. The van der Waals surface area contributed by atoms with E-state index in [9.17, 15) is 24.8 Å². The van der Waals surface area contributed by atoms with E-state index in [-0.39, 0.29) is 28.6 Å². The van der Waals surface area contributed by atoms with Crippen molar-refractivity contribution >= 4 is 39.7 Å². The second-order valence-corrected chi connectivity index (χ2v) is 8.04. The number of fused-ring (bicyclic) bond motifs is 2. The van der Waals surface area contributed by atoms with Crippen molar-refractivity contribution < 1.29 is 24.0 Å². The Kier molecular flexibility index (Phi) is 5.94. The zero-order valence-electron chi connectivity index (χ0n) is 19.3. The van der Waals surface area contributed by atoms with Gasteiger partial charge in [-0.15, -0.1) is 0 Å². The molecule has 5 rings (SSSR count). The number of furan rings is 1. The summed E-state index contributed by atoms with van der Waals surface area (Å²) in [6.45, 7) is 1.32. The summed E-state index contributed by atoms with van der Waals surface area (Å²) in [6.07, 6.45) is -0.0502. The molecule has 0 radical (unpaired) electrons. The van der Waals surface area contributed by atoms with Crippen LogP contribution in [0.25, 0.3) is 33.5 Å². The van der Waals surface area contributed by atoms with E-state index in [0.717, 1.165) is 10.1 Å². The third kappa shape index (κ3) is 4.52. The van der Waals surface area contributed by atoms with E-state index in [1.165, 1.54) is 31.3 Å². The first-order chi connectivity index (χ1) is 17.8. The highest BCUT2D eigenvalue weighted by molar-refractivity contribution is 5.87. The highest BCUT2D eigenvalue weighted by atomic mass is 16.6. The van der Waals surface area contributed by atoms with Crippen LogP contribution in [0.4, 0.5) is 5.69 Å². The SMILES string of the molecule is C[C@H](Oc1ccc([N+](=O)[O-])cc1C=Nn1c(-c2cc3ccccc3o2)nc2ccccc2c1=O)C(=O)O. The van der Waals surface area contributed by atoms with Crippen molar-refractivity contribution in [3.8, 4) is 17.3 Å². The van der Waals surface area contributed by atoms with E-state index in [1.54, 1.807) is 36.4 Å². The molecule has 11 heteroatoms. The molecule has 37 heavy (non-hydrogen) atoms.